The van der Waals surface area contributed by atoms with E-state index in [-0.39, 0.29) is 5.95 Å². The van der Waals surface area contributed by atoms with Crippen LogP contribution in [0.3, 0.4) is 0 Å². The van der Waals surface area contributed by atoms with Gasteiger partial charge in [-0.3, -0.25) is 0 Å². The van der Waals surface area contributed by atoms with E-state index < -0.39 is 0 Å². The van der Waals surface area contributed by atoms with Crippen molar-refractivity contribution < 1.29 is 4.74 Å². The molecule has 0 aliphatic heterocycles. The number of hydrogen-bond acceptors (Lipinski definition) is 5. The van der Waals surface area contributed by atoms with E-state index >= 15 is 0 Å². The molecule has 0 aliphatic rings. The van der Waals surface area contributed by atoms with Gasteiger partial charge in [0.25, 0.3) is 0 Å². The molecule has 0 spiro atoms. The van der Waals surface area contributed by atoms with Crippen molar-refractivity contribution in [2.75, 3.05) is 12.3 Å². The van der Waals surface area contributed by atoms with E-state index in [0.717, 1.165) is 23.1 Å². The molecule has 2 aromatic heterocycles. The first-order chi connectivity index (χ1) is 8.16. The zero-order valence-corrected chi connectivity index (χ0v) is 11.0. The first-order valence-corrected chi connectivity index (χ1v) is 6.68. The van der Waals surface area contributed by atoms with E-state index in [4.69, 9.17) is 10.5 Å². The molecule has 0 aromatic carbocycles. The second-order valence-corrected chi connectivity index (χ2v) is 5.32. The second-order valence-electron chi connectivity index (χ2n) is 4.41. The van der Waals surface area contributed by atoms with Crippen molar-refractivity contribution in [3.05, 3.63) is 11.4 Å². The van der Waals surface area contributed by atoms with Gasteiger partial charge in [0.2, 0.25) is 11.8 Å². The van der Waals surface area contributed by atoms with Crippen LogP contribution in [-0.4, -0.2) is 16.6 Å². The normalized spacial score (nSPS) is 11.2. The Morgan fingerprint density at radius 2 is 2.24 bits per heavy atom. The summed E-state index contributed by atoms with van der Waals surface area (Å²) in [5, 5.41) is 1.97. The van der Waals surface area contributed by atoms with Crippen molar-refractivity contribution in [2.24, 2.45) is 5.92 Å². The van der Waals surface area contributed by atoms with Gasteiger partial charge in [0.1, 0.15) is 4.70 Å². The summed E-state index contributed by atoms with van der Waals surface area (Å²) >= 11 is 1.58. The Balaban J connectivity index is 2.04. The lowest BCUT2D eigenvalue weighted by Crippen LogP contribution is -2.03. The molecule has 0 bridgehead atoms. The van der Waals surface area contributed by atoms with Gasteiger partial charge >= 0.3 is 0 Å². The topological polar surface area (TPSA) is 61.0 Å². The van der Waals surface area contributed by atoms with Crippen molar-refractivity contribution in [3.8, 4) is 5.88 Å². The number of rotatable bonds is 5. The molecule has 17 heavy (non-hydrogen) atoms. The van der Waals surface area contributed by atoms with Crippen LogP contribution < -0.4 is 10.5 Å². The Labute approximate surface area is 105 Å². The number of nitrogens with two attached hydrogens (primary N) is 1. The van der Waals surface area contributed by atoms with E-state index in [1.807, 2.05) is 11.4 Å². The zero-order chi connectivity index (χ0) is 12.3. The molecule has 0 unspecified atom stereocenters. The molecule has 2 N–H and O–H groups in total. The number of fused-ring (bicyclic) bond motifs is 1. The zero-order valence-electron chi connectivity index (χ0n) is 10.1. The number of hydrogen-bond donors (Lipinski definition) is 1. The molecule has 0 saturated carbocycles. The third kappa shape index (κ3) is 3.06. The summed E-state index contributed by atoms with van der Waals surface area (Å²) in [5.41, 5.74) is 6.50. The predicted octanol–water partition coefficient (Wildman–Crippen LogP) is 3.09. The largest absolute Gasteiger partial charge is 0.477 e. The molecular weight excluding hydrogens is 234 g/mol. The highest BCUT2D eigenvalue weighted by atomic mass is 32.1. The van der Waals surface area contributed by atoms with Crippen molar-refractivity contribution >= 4 is 27.5 Å². The van der Waals surface area contributed by atoms with Gasteiger partial charge in [-0.05, 0) is 30.2 Å². The van der Waals surface area contributed by atoms with E-state index in [1.54, 1.807) is 11.3 Å². The average Bonchev–Trinajstić information content (AvgIpc) is 2.71. The van der Waals surface area contributed by atoms with Crippen LogP contribution in [0.1, 0.15) is 26.7 Å². The fourth-order valence-electron chi connectivity index (χ4n) is 1.61. The second kappa shape index (κ2) is 5.31. The van der Waals surface area contributed by atoms with E-state index in [9.17, 15) is 0 Å². The fraction of sp³-hybridized carbons (Fsp3) is 0.500. The van der Waals surface area contributed by atoms with Crippen molar-refractivity contribution in [1.82, 2.24) is 9.97 Å². The maximum atomic E-state index is 5.69. The van der Waals surface area contributed by atoms with Gasteiger partial charge < -0.3 is 10.5 Å². The number of nitrogens with zero attached hydrogens (tertiary/aromatic N) is 2. The summed E-state index contributed by atoms with van der Waals surface area (Å²) in [6.07, 6.45) is 2.20. The standard InChI is InChI=1S/C12H17N3OS/c1-8(2)4-3-6-16-11-10-9(5-7-17-10)14-12(13)15-11/h5,7-8H,3-4,6H2,1-2H3,(H2,13,14,15). The molecule has 2 aromatic rings. The summed E-state index contributed by atoms with van der Waals surface area (Å²) in [4.78, 5) is 8.29. The number of aromatic nitrogens is 2. The predicted molar refractivity (Wildman–Crippen MR) is 71.4 cm³/mol. The van der Waals surface area contributed by atoms with Crippen molar-refractivity contribution in [1.29, 1.82) is 0 Å². The van der Waals surface area contributed by atoms with Gasteiger partial charge in [-0.2, -0.15) is 4.98 Å². The van der Waals surface area contributed by atoms with Crippen LogP contribution in [0.5, 0.6) is 5.88 Å². The van der Waals surface area contributed by atoms with Crippen molar-refractivity contribution in [3.63, 3.8) is 0 Å². The molecule has 0 atom stereocenters. The van der Waals surface area contributed by atoms with E-state index in [2.05, 4.69) is 23.8 Å². The number of nitrogen functional groups attached to an aromatic ring is 1. The minimum Gasteiger partial charge on any atom is -0.477 e. The van der Waals surface area contributed by atoms with Gasteiger partial charge in [0.15, 0.2) is 0 Å². The summed E-state index contributed by atoms with van der Waals surface area (Å²) < 4.78 is 6.66. The Kier molecular flexibility index (Phi) is 3.78. The Morgan fingerprint density at radius 1 is 1.41 bits per heavy atom. The summed E-state index contributed by atoms with van der Waals surface area (Å²) in [6.45, 7) is 5.10. The smallest absolute Gasteiger partial charge is 0.236 e. The minimum absolute atomic E-state index is 0.273. The average molecular weight is 251 g/mol. The third-order valence-corrected chi connectivity index (χ3v) is 3.35. The molecule has 4 nitrogen and oxygen atoms in total. The van der Waals surface area contributed by atoms with Gasteiger partial charge in [-0.25, -0.2) is 4.98 Å². The molecule has 0 saturated heterocycles. The van der Waals surface area contributed by atoms with Crippen LogP contribution >= 0.6 is 11.3 Å². The molecule has 0 radical (unpaired) electrons. The quantitative estimate of drug-likeness (QED) is 0.829. The molecule has 2 rings (SSSR count). The molecule has 5 heteroatoms. The fourth-order valence-corrected chi connectivity index (χ4v) is 2.38. The Bertz CT molecular complexity index is 495. The lowest BCUT2D eigenvalue weighted by Gasteiger charge is -2.07. The van der Waals surface area contributed by atoms with E-state index in [1.165, 1.54) is 0 Å². The highest BCUT2D eigenvalue weighted by Gasteiger charge is 2.08. The molecular formula is C12H17N3OS. The maximum Gasteiger partial charge on any atom is 0.236 e. The first kappa shape index (κ1) is 12.1. The van der Waals surface area contributed by atoms with Crippen LogP contribution in [0.2, 0.25) is 0 Å². The monoisotopic (exact) mass is 251 g/mol. The SMILES string of the molecule is CC(C)CCCOc1nc(N)nc2ccsc12. The minimum atomic E-state index is 0.273. The number of thiophene rings is 1. The van der Waals surface area contributed by atoms with Crippen LogP contribution in [0.4, 0.5) is 5.95 Å². The van der Waals surface area contributed by atoms with Gasteiger partial charge in [0.05, 0.1) is 12.1 Å². The van der Waals surface area contributed by atoms with Gasteiger partial charge in [-0.1, -0.05) is 13.8 Å². The maximum absolute atomic E-state index is 5.69. The van der Waals surface area contributed by atoms with Crippen LogP contribution in [0.15, 0.2) is 11.4 Å². The van der Waals surface area contributed by atoms with E-state index in [0.29, 0.717) is 18.4 Å². The van der Waals surface area contributed by atoms with Gasteiger partial charge in [-0.15, -0.1) is 11.3 Å². The molecule has 0 aliphatic carbocycles. The molecule has 92 valence electrons. The lowest BCUT2D eigenvalue weighted by molar-refractivity contribution is 0.291. The van der Waals surface area contributed by atoms with Crippen molar-refractivity contribution in [2.45, 2.75) is 26.7 Å². The summed E-state index contributed by atoms with van der Waals surface area (Å²) in [6, 6.07) is 1.93. The third-order valence-electron chi connectivity index (χ3n) is 2.45. The summed E-state index contributed by atoms with van der Waals surface area (Å²) in [5.74, 6) is 1.59. The molecule has 0 amide bonds. The Morgan fingerprint density at radius 3 is 3.00 bits per heavy atom. The lowest BCUT2D eigenvalue weighted by atomic mass is 10.1. The van der Waals surface area contributed by atoms with Gasteiger partial charge in [0, 0.05) is 0 Å². The Hall–Kier alpha value is -1.36. The number of ether oxygens (including phenoxy) is 1. The molecule has 0 fully saturated rings. The van der Waals surface area contributed by atoms with Crippen LogP contribution in [0, 0.1) is 5.92 Å². The summed E-state index contributed by atoms with van der Waals surface area (Å²) in [7, 11) is 0. The highest BCUT2D eigenvalue weighted by molar-refractivity contribution is 7.17. The molecule has 2 heterocycles. The first-order valence-electron chi connectivity index (χ1n) is 5.80. The highest BCUT2D eigenvalue weighted by Crippen LogP contribution is 2.28. The van der Waals surface area contributed by atoms with Crippen LogP contribution in [-0.2, 0) is 0 Å². The van der Waals surface area contributed by atoms with Crippen LogP contribution in [0.25, 0.3) is 10.2 Å². The number of anilines is 1.